The lowest BCUT2D eigenvalue weighted by Crippen LogP contribution is -2.16. The van der Waals surface area contributed by atoms with Gasteiger partial charge in [0, 0.05) is 33.2 Å². The van der Waals surface area contributed by atoms with Crippen LogP contribution >= 0.6 is 0 Å². The molecular formula is C54H43N3O3. The van der Waals surface area contributed by atoms with Crippen molar-refractivity contribution < 1.29 is 14.2 Å². The van der Waals surface area contributed by atoms with Gasteiger partial charge in [0.15, 0.2) is 28.8 Å². The van der Waals surface area contributed by atoms with Crippen molar-refractivity contribution in [2.24, 2.45) is 15.7 Å². The molecule has 0 spiro atoms. The molecule has 7 aromatic rings. The highest BCUT2D eigenvalue weighted by atomic mass is 16.6. The van der Waals surface area contributed by atoms with Crippen molar-refractivity contribution in [3.8, 4) is 62.1 Å². The van der Waals surface area contributed by atoms with Crippen molar-refractivity contribution in [2.45, 2.75) is 38.6 Å². The molecule has 0 amide bonds. The van der Waals surface area contributed by atoms with E-state index in [0.717, 1.165) is 80.0 Å². The number of ether oxygens (including phenoxy) is 3. The van der Waals surface area contributed by atoms with Crippen molar-refractivity contribution >= 4 is 17.2 Å². The normalized spacial score (nSPS) is 15.4. The van der Waals surface area contributed by atoms with Gasteiger partial charge < -0.3 is 19.9 Å². The maximum atomic E-state index is 6.75. The minimum Gasteiger partial charge on any atom is -0.464 e. The topological polar surface area (TPSA) is 78.4 Å². The number of nitrogens with two attached hydrogens (primary N) is 1. The zero-order valence-corrected chi connectivity index (χ0v) is 33.6. The van der Waals surface area contributed by atoms with Gasteiger partial charge in [0.25, 0.3) is 0 Å². The Bertz CT molecular complexity index is 2910. The second-order valence-corrected chi connectivity index (χ2v) is 15.9. The molecule has 3 aliphatic rings. The van der Waals surface area contributed by atoms with E-state index < -0.39 is 0 Å². The summed E-state index contributed by atoms with van der Waals surface area (Å²) in [6, 6.07) is 51.5. The lowest BCUT2D eigenvalue weighted by Gasteiger charge is -2.25. The van der Waals surface area contributed by atoms with Crippen LogP contribution in [-0.4, -0.2) is 11.7 Å². The molecule has 6 nitrogen and oxygen atoms in total. The highest BCUT2D eigenvalue weighted by Crippen LogP contribution is 2.58. The fourth-order valence-corrected chi connectivity index (χ4v) is 8.50. The predicted molar refractivity (Wildman–Crippen MR) is 243 cm³/mol. The van der Waals surface area contributed by atoms with Gasteiger partial charge in [-0.3, -0.25) is 4.99 Å². The molecule has 0 saturated carbocycles. The third kappa shape index (κ3) is 6.66. The number of aliphatic imine (C=N–C) groups is 2. The zero-order valence-electron chi connectivity index (χ0n) is 33.6. The molecule has 7 aromatic carbocycles. The Morgan fingerprint density at radius 1 is 0.633 bits per heavy atom. The van der Waals surface area contributed by atoms with E-state index >= 15 is 0 Å². The van der Waals surface area contributed by atoms with Crippen molar-refractivity contribution in [2.75, 3.05) is 0 Å². The lowest BCUT2D eigenvalue weighted by atomic mass is 9.82. The van der Waals surface area contributed by atoms with E-state index in [1.807, 2.05) is 66.7 Å². The third-order valence-electron chi connectivity index (χ3n) is 11.8. The quantitative estimate of drug-likeness (QED) is 0.135. The maximum absolute atomic E-state index is 6.75. The Morgan fingerprint density at radius 2 is 1.33 bits per heavy atom. The summed E-state index contributed by atoms with van der Waals surface area (Å²) < 4.78 is 19.3. The van der Waals surface area contributed by atoms with Crippen LogP contribution in [0, 0.1) is 0 Å². The number of para-hydroxylation sites is 1. The Labute approximate surface area is 350 Å². The van der Waals surface area contributed by atoms with Crippen LogP contribution in [0.2, 0.25) is 0 Å². The minimum atomic E-state index is -0.121. The molecule has 0 unspecified atom stereocenters. The van der Waals surface area contributed by atoms with Gasteiger partial charge in [0.1, 0.15) is 11.6 Å². The van der Waals surface area contributed by atoms with Gasteiger partial charge >= 0.3 is 0 Å². The second-order valence-electron chi connectivity index (χ2n) is 15.9. The van der Waals surface area contributed by atoms with Crippen molar-refractivity contribution in [1.29, 1.82) is 0 Å². The summed E-state index contributed by atoms with van der Waals surface area (Å²) in [6.07, 6.45) is 5.62. The smallest absolute Gasteiger partial charge is 0.178 e. The number of rotatable bonds is 6. The highest BCUT2D eigenvalue weighted by molar-refractivity contribution is 6.11. The van der Waals surface area contributed by atoms with Crippen LogP contribution in [0.25, 0.3) is 39.0 Å². The zero-order chi connectivity index (χ0) is 40.8. The molecule has 2 aliphatic heterocycles. The van der Waals surface area contributed by atoms with Crippen LogP contribution in [0.4, 0.5) is 0 Å². The molecule has 0 radical (unpaired) electrons. The average molecular weight is 782 g/mol. The van der Waals surface area contributed by atoms with Crippen LogP contribution in [0.15, 0.2) is 181 Å². The van der Waals surface area contributed by atoms with Crippen LogP contribution in [0.3, 0.4) is 0 Å². The molecule has 2 N–H and O–H groups in total. The first-order chi connectivity index (χ1) is 29.3. The molecular weight excluding hydrogens is 739 g/mol. The fourth-order valence-electron chi connectivity index (χ4n) is 8.50. The van der Waals surface area contributed by atoms with Crippen LogP contribution in [-0.2, 0) is 12.0 Å². The maximum Gasteiger partial charge on any atom is 0.178 e. The molecule has 60 heavy (non-hydrogen) atoms. The first-order valence-electron chi connectivity index (χ1n) is 20.4. The van der Waals surface area contributed by atoms with Gasteiger partial charge in [0.05, 0.1) is 12.8 Å². The van der Waals surface area contributed by atoms with Crippen LogP contribution in [0.1, 0.15) is 60.1 Å². The summed E-state index contributed by atoms with van der Waals surface area (Å²) in [7, 11) is 0. The summed E-state index contributed by atoms with van der Waals surface area (Å²) in [6.45, 7) is 9.31. The van der Waals surface area contributed by atoms with Gasteiger partial charge in [-0.05, 0) is 81.6 Å². The SMILES string of the molecule is C=C1CC/C=C\Oc2c1cccc2-c1ccc(C(N=C(N)c2ccc(-c3ccc4c(c3)Oc3ccc5c(c3O4)-c3ccccc3C5(C)C)cc2)=NCc2ccccc2)cc1. The lowest BCUT2D eigenvalue weighted by molar-refractivity contribution is 0.360. The Balaban J connectivity index is 0.916. The van der Waals surface area contributed by atoms with Gasteiger partial charge in [-0.15, -0.1) is 0 Å². The van der Waals surface area contributed by atoms with Gasteiger partial charge in [-0.25, -0.2) is 4.99 Å². The first kappa shape index (κ1) is 36.9. The number of amidine groups is 2. The molecule has 10 rings (SSSR count). The minimum absolute atomic E-state index is 0.121. The van der Waals surface area contributed by atoms with E-state index in [4.69, 9.17) is 29.9 Å². The standard InChI is InChI=1S/C54H43N3O3/c1-34-12-9-10-31-58-50-41(34)16-11-17-42(50)37-21-25-39(26-22-37)53(56-33-35-13-5-4-6-14-35)57-52(55)38-23-19-36(20-24-38)40-27-29-46-48(32-40)59-47-30-28-45-49(51(47)60-46)43-15-7-8-18-44(43)54(45,2)3/h4-8,10-11,13-32H,1,9,12,33H2,2-3H3,(H2,55,56,57)/b31-10-. The molecule has 0 fully saturated rings. The Morgan fingerprint density at radius 3 is 2.17 bits per heavy atom. The van der Waals surface area contributed by atoms with Gasteiger partial charge in [-0.1, -0.05) is 154 Å². The van der Waals surface area contributed by atoms with Gasteiger partial charge in [0.2, 0.25) is 0 Å². The molecule has 0 atom stereocenters. The second kappa shape index (κ2) is 15.1. The Kier molecular flexibility index (Phi) is 9.25. The average Bonchev–Trinajstić information content (AvgIpc) is 3.52. The van der Waals surface area contributed by atoms with Crippen LogP contribution < -0.4 is 19.9 Å². The predicted octanol–water partition coefficient (Wildman–Crippen LogP) is 13.3. The molecule has 292 valence electrons. The highest BCUT2D eigenvalue weighted by Gasteiger charge is 2.39. The van der Waals surface area contributed by atoms with E-state index in [0.29, 0.717) is 35.5 Å². The summed E-state index contributed by atoms with van der Waals surface area (Å²) in [5, 5.41) is 0. The fraction of sp³-hybridized carbons (Fsp3) is 0.111. The molecule has 0 saturated heterocycles. The summed E-state index contributed by atoms with van der Waals surface area (Å²) >= 11 is 0. The number of benzene rings is 7. The van der Waals surface area contributed by atoms with E-state index in [1.54, 1.807) is 6.26 Å². The van der Waals surface area contributed by atoms with Crippen molar-refractivity contribution in [3.05, 3.63) is 204 Å². The van der Waals surface area contributed by atoms with Gasteiger partial charge in [-0.2, -0.15) is 0 Å². The van der Waals surface area contributed by atoms with Crippen molar-refractivity contribution in [1.82, 2.24) is 0 Å². The largest absolute Gasteiger partial charge is 0.464 e. The Hall–Kier alpha value is -7.44. The van der Waals surface area contributed by atoms with Crippen LogP contribution in [0.5, 0.6) is 28.7 Å². The van der Waals surface area contributed by atoms with E-state index in [9.17, 15) is 0 Å². The molecule has 6 heteroatoms. The van der Waals surface area contributed by atoms with E-state index in [-0.39, 0.29) is 5.41 Å². The molecule has 0 bridgehead atoms. The summed E-state index contributed by atoms with van der Waals surface area (Å²) in [5.74, 6) is 4.59. The molecule has 2 heterocycles. The first-order valence-corrected chi connectivity index (χ1v) is 20.4. The van der Waals surface area contributed by atoms with E-state index in [1.165, 1.54) is 16.7 Å². The summed E-state index contributed by atoms with van der Waals surface area (Å²) in [5.41, 5.74) is 20.3. The number of hydrogen-bond acceptors (Lipinski definition) is 4. The number of hydrogen-bond donors (Lipinski definition) is 1. The van der Waals surface area contributed by atoms with Crippen molar-refractivity contribution in [3.63, 3.8) is 0 Å². The number of fused-ring (bicyclic) bond motifs is 7. The van der Waals surface area contributed by atoms with E-state index in [2.05, 4.69) is 111 Å². The number of nitrogens with zero attached hydrogens (tertiary/aromatic N) is 2. The molecule has 1 aliphatic carbocycles. The third-order valence-corrected chi connectivity index (χ3v) is 11.8. The monoisotopic (exact) mass is 781 g/mol. The summed E-state index contributed by atoms with van der Waals surface area (Å²) in [4.78, 5) is 9.90. The molecule has 0 aromatic heterocycles. The number of allylic oxidation sites excluding steroid dienone is 2.